The van der Waals surface area contributed by atoms with Gasteiger partial charge in [-0.2, -0.15) is 0 Å². The standard InChI is InChI=1S/C30H37N3O4S/c1-6-24(4)31-30(35)25(5)32(20-26-13-9-7-10-14-26)29(34)21-33(28-19-22(2)17-18-23(28)3)38(36,37)27-15-11-8-12-16-27/h7-19,24-25H,6,20-21H2,1-5H3,(H,31,35)/t24-,25-/m0/s1. The zero-order valence-corrected chi connectivity index (χ0v) is 23.5. The predicted molar refractivity (Wildman–Crippen MR) is 151 cm³/mol. The summed E-state index contributed by atoms with van der Waals surface area (Å²) in [5, 5.41) is 2.94. The Balaban J connectivity index is 2.04. The molecule has 0 fully saturated rings. The van der Waals surface area contributed by atoms with Crippen LogP contribution in [0.3, 0.4) is 0 Å². The molecule has 0 saturated carbocycles. The average Bonchev–Trinajstić information content (AvgIpc) is 2.92. The molecule has 0 unspecified atom stereocenters. The molecule has 0 aromatic heterocycles. The number of rotatable bonds is 11. The van der Waals surface area contributed by atoms with Crippen molar-refractivity contribution in [2.45, 2.75) is 64.6 Å². The summed E-state index contributed by atoms with van der Waals surface area (Å²) < 4.78 is 28.9. The van der Waals surface area contributed by atoms with Crippen LogP contribution < -0.4 is 9.62 Å². The molecule has 202 valence electrons. The van der Waals surface area contributed by atoms with Crippen LogP contribution in [0.15, 0.2) is 83.8 Å². The van der Waals surface area contributed by atoms with Crippen LogP contribution in [0.4, 0.5) is 5.69 Å². The zero-order chi connectivity index (χ0) is 27.9. The van der Waals surface area contributed by atoms with Gasteiger partial charge in [0.25, 0.3) is 10.0 Å². The van der Waals surface area contributed by atoms with E-state index in [-0.39, 0.29) is 23.4 Å². The van der Waals surface area contributed by atoms with Gasteiger partial charge < -0.3 is 10.2 Å². The summed E-state index contributed by atoms with van der Waals surface area (Å²) in [4.78, 5) is 28.6. The predicted octanol–water partition coefficient (Wildman–Crippen LogP) is 4.83. The van der Waals surface area contributed by atoms with Gasteiger partial charge in [-0.25, -0.2) is 8.42 Å². The molecule has 3 aromatic carbocycles. The van der Waals surface area contributed by atoms with Gasteiger partial charge in [-0.15, -0.1) is 0 Å². The number of hydrogen-bond donors (Lipinski definition) is 1. The second kappa shape index (κ2) is 12.7. The third-order valence-corrected chi connectivity index (χ3v) is 8.38. The van der Waals surface area contributed by atoms with Crippen molar-refractivity contribution >= 4 is 27.5 Å². The van der Waals surface area contributed by atoms with Crippen molar-refractivity contribution in [2.75, 3.05) is 10.8 Å². The van der Waals surface area contributed by atoms with Gasteiger partial charge in [0.2, 0.25) is 11.8 Å². The van der Waals surface area contributed by atoms with Crippen molar-refractivity contribution in [1.29, 1.82) is 0 Å². The lowest BCUT2D eigenvalue weighted by atomic mass is 10.1. The molecule has 0 saturated heterocycles. The van der Waals surface area contributed by atoms with Crippen molar-refractivity contribution in [2.24, 2.45) is 0 Å². The lowest BCUT2D eigenvalue weighted by molar-refractivity contribution is -0.139. The lowest BCUT2D eigenvalue weighted by Crippen LogP contribution is -2.52. The number of carbonyl (C=O) groups is 2. The maximum absolute atomic E-state index is 13.9. The number of nitrogens with zero attached hydrogens (tertiary/aromatic N) is 2. The van der Waals surface area contributed by atoms with Gasteiger partial charge in [0, 0.05) is 12.6 Å². The molecule has 0 aliphatic rings. The van der Waals surface area contributed by atoms with Gasteiger partial charge >= 0.3 is 0 Å². The Kier molecular flexibility index (Phi) is 9.69. The third-order valence-electron chi connectivity index (χ3n) is 6.61. The monoisotopic (exact) mass is 535 g/mol. The SMILES string of the molecule is CC[C@H](C)NC(=O)[C@H](C)N(Cc1ccccc1)C(=O)CN(c1cc(C)ccc1C)S(=O)(=O)c1ccccc1. The van der Waals surface area contributed by atoms with E-state index < -0.39 is 28.5 Å². The maximum Gasteiger partial charge on any atom is 0.264 e. The number of hydrogen-bond acceptors (Lipinski definition) is 4. The largest absolute Gasteiger partial charge is 0.352 e. The minimum atomic E-state index is -4.08. The molecule has 0 radical (unpaired) electrons. The highest BCUT2D eigenvalue weighted by molar-refractivity contribution is 7.92. The molecule has 0 spiro atoms. The fourth-order valence-electron chi connectivity index (χ4n) is 4.05. The Hall–Kier alpha value is -3.65. The van der Waals surface area contributed by atoms with Crippen LogP contribution >= 0.6 is 0 Å². The fraction of sp³-hybridized carbons (Fsp3) is 0.333. The topological polar surface area (TPSA) is 86.8 Å². The van der Waals surface area contributed by atoms with Crippen molar-refractivity contribution in [1.82, 2.24) is 10.2 Å². The number of carbonyl (C=O) groups excluding carboxylic acids is 2. The Morgan fingerprint density at radius 3 is 2.11 bits per heavy atom. The molecule has 3 rings (SSSR count). The summed E-state index contributed by atoms with van der Waals surface area (Å²) in [6.07, 6.45) is 0.751. The van der Waals surface area contributed by atoms with Crippen molar-refractivity contribution < 1.29 is 18.0 Å². The number of amides is 2. The average molecular weight is 536 g/mol. The van der Waals surface area contributed by atoms with Crippen molar-refractivity contribution in [3.05, 3.63) is 95.6 Å². The van der Waals surface area contributed by atoms with Crippen LogP contribution in [0.5, 0.6) is 0 Å². The Labute approximate surface area is 226 Å². The normalized spacial score (nSPS) is 12.9. The molecule has 0 aliphatic carbocycles. The minimum absolute atomic E-state index is 0.0523. The Morgan fingerprint density at radius 1 is 0.895 bits per heavy atom. The van der Waals surface area contributed by atoms with E-state index in [0.717, 1.165) is 27.4 Å². The van der Waals surface area contributed by atoms with E-state index in [1.165, 1.54) is 17.0 Å². The smallest absolute Gasteiger partial charge is 0.264 e. The van der Waals surface area contributed by atoms with Gasteiger partial charge in [-0.3, -0.25) is 13.9 Å². The van der Waals surface area contributed by atoms with Crippen molar-refractivity contribution in [3.63, 3.8) is 0 Å². The van der Waals surface area contributed by atoms with Crippen LogP contribution in [0, 0.1) is 13.8 Å². The minimum Gasteiger partial charge on any atom is -0.352 e. The van der Waals surface area contributed by atoms with Gasteiger partial charge in [-0.1, -0.05) is 67.6 Å². The zero-order valence-electron chi connectivity index (χ0n) is 22.7. The molecule has 0 heterocycles. The van der Waals surface area contributed by atoms with Gasteiger partial charge in [-0.05, 0) is 69.0 Å². The van der Waals surface area contributed by atoms with Crippen LogP contribution in [0.25, 0.3) is 0 Å². The van der Waals surface area contributed by atoms with E-state index in [1.54, 1.807) is 31.2 Å². The molecule has 2 atom stereocenters. The molecule has 0 aliphatic heterocycles. The van der Waals surface area contributed by atoms with E-state index in [0.29, 0.717) is 5.69 Å². The summed E-state index contributed by atoms with van der Waals surface area (Å²) in [7, 11) is -4.08. The Morgan fingerprint density at radius 2 is 1.50 bits per heavy atom. The van der Waals surface area contributed by atoms with E-state index >= 15 is 0 Å². The summed E-state index contributed by atoms with van der Waals surface area (Å²) in [5.74, 6) is -0.756. The van der Waals surface area contributed by atoms with Crippen LogP contribution in [-0.2, 0) is 26.2 Å². The first-order valence-corrected chi connectivity index (χ1v) is 14.3. The number of benzene rings is 3. The first-order valence-electron chi connectivity index (χ1n) is 12.8. The van der Waals surface area contributed by atoms with Crippen molar-refractivity contribution in [3.8, 4) is 0 Å². The van der Waals surface area contributed by atoms with E-state index in [1.807, 2.05) is 70.2 Å². The van der Waals surface area contributed by atoms with E-state index in [2.05, 4.69) is 5.32 Å². The molecule has 7 nitrogen and oxygen atoms in total. The van der Waals surface area contributed by atoms with Gasteiger partial charge in [0.15, 0.2) is 0 Å². The third kappa shape index (κ3) is 7.01. The quantitative estimate of drug-likeness (QED) is 0.381. The van der Waals surface area contributed by atoms with Crippen LogP contribution in [-0.4, -0.2) is 43.8 Å². The molecule has 0 bridgehead atoms. The molecule has 8 heteroatoms. The number of nitrogens with one attached hydrogen (secondary N) is 1. The fourth-order valence-corrected chi connectivity index (χ4v) is 5.54. The molecule has 38 heavy (non-hydrogen) atoms. The second-order valence-corrected chi connectivity index (χ2v) is 11.5. The highest BCUT2D eigenvalue weighted by Gasteiger charge is 2.33. The molecular weight excluding hydrogens is 498 g/mol. The lowest BCUT2D eigenvalue weighted by Gasteiger charge is -2.33. The Bertz CT molecular complexity index is 1340. The first kappa shape index (κ1) is 28.9. The molecule has 3 aromatic rings. The summed E-state index contributed by atoms with van der Waals surface area (Å²) in [6, 6.07) is 22.1. The summed E-state index contributed by atoms with van der Waals surface area (Å²) >= 11 is 0. The first-order chi connectivity index (χ1) is 18.0. The second-order valence-electron chi connectivity index (χ2n) is 9.62. The number of sulfonamides is 1. The molecule has 1 N–H and O–H groups in total. The maximum atomic E-state index is 13.9. The highest BCUT2D eigenvalue weighted by Crippen LogP contribution is 2.28. The van der Waals surface area contributed by atoms with Gasteiger partial charge in [0.05, 0.1) is 10.6 Å². The van der Waals surface area contributed by atoms with Gasteiger partial charge in [0.1, 0.15) is 12.6 Å². The molecular formula is C30H37N3O4S. The van der Waals surface area contributed by atoms with Crippen LogP contribution in [0.2, 0.25) is 0 Å². The number of aryl methyl sites for hydroxylation is 2. The van der Waals surface area contributed by atoms with E-state index in [4.69, 9.17) is 0 Å². The summed E-state index contributed by atoms with van der Waals surface area (Å²) in [5.41, 5.74) is 2.86. The summed E-state index contributed by atoms with van der Waals surface area (Å²) in [6.45, 7) is 8.96. The van der Waals surface area contributed by atoms with E-state index in [9.17, 15) is 18.0 Å². The highest BCUT2D eigenvalue weighted by atomic mass is 32.2. The number of anilines is 1. The molecule has 2 amide bonds. The van der Waals surface area contributed by atoms with Crippen LogP contribution in [0.1, 0.15) is 43.9 Å².